The van der Waals surface area contributed by atoms with E-state index in [0.717, 1.165) is 10.6 Å². The molecular formula is C17H23N3O3. The van der Waals surface area contributed by atoms with Crippen LogP contribution < -0.4 is 10.2 Å². The van der Waals surface area contributed by atoms with Crippen LogP contribution in [0.4, 0.5) is 10.5 Å². The third kappa shape index (κ3) is 3.52. The number of urea groups is 1. The summed E-state index contributed by atoms with van der Waals surface area (Å²) in [5.41, 5.74) is 0.750. The second-order valence-corrected chi connectivity index (χ2v) is 6.29. The van der Waals surface area contributed by atoms with E-state index >= 15 is 0 Å². The number of anilines is 1. The van der Waals surface area contributed by atoms with E-state index in [2.05, 4.69) is 5.32 Å². The molecule has 0 saturated carbocycles. The number of hydrogen-bond acceptors (Lipinski definition) is 3. The molecule has 0 radical (unpaired) electrons. The molecule has 1 saturated heterocycles. The van der Waals surface area contributed by atoms with Crippen LogP contribution in [0.15, 0.2) is 30.3 Å². The highest BCUT2D eigenvalue weighted by Crippen LogP contribution is 2.19. The lowest BCUT2D eigenvalue weighted by molar-refractivity contribution is -0.132. The lowest BCUT2D eigenvalue weighted by Gasteiger charge is -2.28. The summed E-state index contributed by atoms with van der Waals surface area (Å²) in [6, 6.07) is 8.10. The number of carbonyl (C=O) groups excluding carboxylic acids is 3. The lowest BCUT2D eigenvalue weighted by Crippen LogP contribution is -2.46. The second kappa shape index (κ2) is 6.81. The van der Waals surface area contributed by atoms with Gasteiger partial charge in [0, 0.05) is 11.7 Å². The zero-order valence-corrected chi connectivity index (χ0v) is 13.9. The fraction of sp³-hybridized carbons (Fsp3) is 0.471. The Balaban J connectivity index is 2.17. The number of carbonyl (C=O) groups is 3. The molecule has 6 heteroatoms. The summed E-state index contributed by atoms with van der Waals surface area (Å²) >= 11 is 0. The molecule has 1 aromatic rings. The zero-order valence-electron chi connectivity index (χ0n) is 13.9. The first kappa shape index (κ1) is 17.0. The molecule has 1 aromatic carbocycles. The molecule has 1 aliphatic heterocycles. The molecule has 1 N–H and O–H groups in total. The summed E-state index contributed by atoms with van der Waals surface area (Å²) in [7, 11) is 0. The fourth-order valence-electron chi connectivity index (χ4n) is 2.67. The minimum atomic E-state index is -0.556. The number of imide groups is 1. The monoisotopic (exact) mass is 317 g/mol. The van der Waals surface area contributed by atoms with Crippen LogP contribution in [-0.2, 0) is 9.59 Å². The minimum Gasteiger partial charge on any atom is -0.326 e. The van der Waals surface area contributed by atoms with E-state index < -0.39 is 12.1 Å². The smallest absolute Gasteiger partial charge is 0.325 e. The van der Waals surface area contributed by atoms with Gasteiger partial charge in [0.1, 0.15) is 12.6 Å². The van der Waals surface area contributed by atoms with Crippen molar-refractivity contribution in [2.24, 2.45) is 5.92 Å². The summed E-state index contributed by atoms with van der Waals surface area (Å²) < 4.78 is 0. The Morgan fingerprint density at radius 3 is 2.26 bits per heavy atom. The maximum Gasteiger partial charge on any atom is 0.325 e. The topological polar surface area (TPSA) is 69.7 Å². The Morgan fingerprint density at radius 1 is 1.17 bits per heavy atom. The van der Waals surface area contributed by atoms with Gasteiger partial charge in [-0.3, -0.25) is 14.5 Å². The van der Waals surface area contributed by atoms with Gasteiger partial charge in [-0.25, -0.2) is 4.79 Å². The van der Waals surface area contributed by atoms with Gasteiger partial charge in [-0.2, -0.15) is 0 Å². The maximum absolute atomic E-state index is 12.7. The molecule has 1 unspecified atom stereocenters. The van der Waals surface area contributed by atoms with Crippen molar-refractivity contribution in [3.05, 3.63) is 30.3 Å². The van der Waals surface area contributed by atoms with Crippen LogP contribution in [0, 0.1) is 5.92 Å². The van der Waals surface area contributed by atoms with Crippen LogP contribution in [0.3, 0.4) is 0 Å². The summed E-state index contributed by atoms with van der Waals surface area (Å²) in [6.45, 7) is 7.26. The van der Waals surface area contributed by atoms with Crippen LogP contribution >= 0.6 is 0 Å². The Bertz CT molecular complexity index is 598. The molecule has 1 heterocycles. The highest BCUT2D eigenvalue weighted by atomic mass is 16.2. The molecule has 23 heavy (non-hydrogen) atoms. The quantitative estimate of drug-likeness (QED) is 0.845. The number of nitrogens with zero attached hydrogens (tertiary/aromatic N) is 2. The first-order valence-electron chi connectivity index (χ1n) is 7.82. The molecular weight excluding hydrogens is 294 g/mol. The van der Waals surface area contributed by atoms with E-state index in [1.54, 1.807) is 4.90 Å². The average Bonchev–Trinajstić information content (AvgIpc) is 2.76. The molecule has 1 aliphatic rings. The van der Waals surface area contributed by atoms with Gasteiger partial charge in [0.15, 0.2) is 0 Å². The SMILES string of the molecule is CC(C)C1NC(=O)N(CC(=O)N(c2ccccc2)C(C)C)C1=O. The highest BCUT2D eigenvalue weighted by Gasteiger charge is 2.41. The molecule has 6 nitrogen and oxygen atoms in total. The minimum absolute atomic E-state index is 0.0122. The van der Waals surface area contributed by atoms with E-state index in [9.17, 15) is 14.4 Å². The van der Waals surface area contributed by atoms with E-state index in [1.807, 2.05) is 58.0 Å². The lowest BCUT2D eigenvalue weighted by atomic mass is 10.1. The predicted molar refractivity (Wildman–Crippen MR) is 87.9 cm³/mol. The highest BCUT2D eigenvalue weighted by molar-refractivity contribution is 6.08. The van der Waals surface area contributed by atoms with E-state index in [-0.39, 0.29) is 30.3 Å². The van der Waals surface area contributed by atoms with Crippen LogP contribution in [0.1, 0.15) is 27.7 Å². The Kier molecular flexibility index (Phi) is 5.03. The van der Waals surface area contributed by atoms with Crippen molar-refractivity contribution < 1.29 is 14.4 Å². The van der Waals surface area contributed by atoms with Gasteiger partial charge >= 0.3 is 6.03 Å². The summed E-state index contributed by atoms with van der Waals surface area (Å²) in [5, 5.41) is 2.63. The van der Waals surface area contributed by atoms with Gasteiger partial charge in [0.25, 0.3) is 5.91 Å². The summed E-state index contributed by atoms with van der Waals surface area (Å²) in [4.78, 5) is 39.5. The second-order valence-electron chi connectivity index (χ2n) is 6.29. The third-order valence-corrected chi connectivity index (χ3v) is 3.84. The number of para-hydroxylation sites is 1. The van der Waals surface area contributed by atoms with Crippen molar-refractivity contribution in [1.29, 1.82) is 0 Å². The molecule has 0 spiro atoms. The van der Waals surface area contributed by atoms with Crippen molar-refractivity contribution in [3.63, 3.8) is 0 Å². The van der Waals surface area contributed by atoms with Gasteiger partial charge in [0.2, 0.25) is 5.91 Å². The standard InChI is InChI=1S/C17H23N3O3/c1-11(2)15-16(22)19(17(23)18-15)10-14(21)20(12(3)4)13-8-6-5-7-9-13/h5-9,11-12,15H,10H2,1-4H3,(H,18,23). The van der Waals surface area contributed by atoms with Crippen LogP contribution in [-0.4, -0.2) is 41.4 Å². The molecule has 1 atom stereocenters. The van der Waals surface area contributed by atoms with Crippen molar-refractivity contribution in [1.82, 2.24) is 10.2 Å². The predicted octanol–water partition coefficient (Wildman–Crippen LogP) is 2.00. The zero-order chi connectivity index (χ0) is 17.1. The first-order chi connectivity index (χ1) is 10.8. The van der Waals surface area contributed by atoms with Gasteiger partial charge in [-0.05, 0) is 31.9 Å². The van der Waals surface area contributed by atoms with Gasteiger partial charge in [-0.15, -0.1) is 0 Å². The molecule has 4 amide bonds. The summed E-state index contributed by atoms with van der Waals surface area (Å²) in [5.74, 6) is -0.629. The number of rotatable bonds is 5. The first-order valence-corrected chi connectivity index (χ1v) is 7.82. The third-order valence-electron chi connectivity index (χ3n) is 3.84. The number of benzene rings is 1. The van der Waals surface area contributed by atoms with E-state index in [0.29, 0.717) is 0 Å². The molecule has 2 rings (SSSR count). The Morgan fingerprint density at radius 2 is 1.78 bits per heavy atom. The van der Waals surface area contributed by atoms with Crippen molar-refractivity contribution in [3.8, 4) is 0 Å². The summed E-state index contributed by atoms with van der Waals surface area (Å²) in [6.07, 6.45) is 0. The van der Waals surface area contributed by atoms with E-state index in [4.69, 9.17) is 0 Å². The average molecular weight is 317 g/mol. The van der Waals surface area contributed by atoms with Crippen molar-refractivity contribution in [2.75, 3.05) is 11.4 Å². The normalized spacial score (nSPS) is 17.8. The van der Waals surface area contributed by atoms with Crippen molar-refractivity contribution >= 4 is 23.5 Å². The largest absolute Gasteiger partial charge is 0.326 e. The molecule has 124 valence electrons. The van der Waals surface area contributed by atoms with Crippen LogP contribution in [0.5, 0.6) is 0 Å². The Labute approximate surface area is 136 Å². The molecule has 1 fully saturated rings. The van der Waals surface area contributed by atoms with Gasteiger partial charge < -0.3 is 10.2 Å². The number of nitrogens with one attached hydrogen (secondary N) is 1. The van der Waals surface area contributed by atoms with Crippen LogP contribution in [0.25, 0.3) is 0 Å². The van der Waals surface area contributed by atoms with Crippen LogP contribution in [0.2, 0.25) is 0 Å². The van der Waals surface area contributed by atoms with Crippen molar-refractivity contribution in [2.45, 2.75) is 39.8 Å². The fourth-order valence-corrected chi connectivity index (χ4v) is 2.67. The Hall–Kier alpha value is -2.37. The number of amides is 4. The van der Waals surface area contributed by atoms with E-state index in [1.165, 1.54) is 0 Å². The molecule has 0 aliphatic carbocycles. The molecule has 0 aromatic heterocycles. The van der Waals surface area contributed by atoms with Gasteiger partial charge in [-0.1, -0.05) is 32.0 Å². The number of hydrogen-bond donors (Lipinski definition) is 1. The maximum atomic E-state index is 12.7. The van der Waals surface area contributed by atoms with Gasteiger partial charge in [0.05, 0.1) is 0 Å². The molecule has 0 bridgehead atoms.